The van der Waals surface area contributed by atoms with Gasteiger partial charge in [0.2, 0.25) is 5.43 Å². The Kier molecular flexibility index (Phi) is 4.79. The highest BCUT2D eigenvalue weighted by Crippen LogP contribution is 2.14. The minimum absolute atomic E-state index is 0.129. The van der Waals surface area contributed by atoms with Gasteiger partial charge >= 0.3 is 0 Å². The third kappa shape index (κ3) is 3.68. The van der Waals surface area contributed by atoms with Crippen LogP contribution >= 0.6 is 0 Å². The van der Waals surface area contributed by atoms with E-state index >= 15 is 0 Å². The third-order valence-corrected chi connectivity index (χ3v) is 3.94. The molecule has 1 atom stereocenters. The van der Waals surface area contributed by atoms with Crippen molar-refractivity contribution in [3.05, 3.63) is 70.0 Å². The number of amides is 1. The van der Waals surface area contributed by atoms with Crippen molar-refractivity contribution in [1.29, 1.82) is 0 Å². The van der Waals surface area contributed by atoms with Crippen LogP contribution in [0.2, 0.25) is 0 Å². The van der Waals surface area contributed by atoms with Crippen molar-refractivity contribution in [2.24, 2.45) is 0 Å². The first-order valence-electron chi connectivity index (χ1n) is 7.99. The summed E-state index contributed by atoms with van der Waals surface area (Å²) in [5.41, 5.74) is 1.14. The van der Waals surface area contributed by atoms with Crippen LogP contribution in [0.15, 0.2) is 53.3 Å². The molecule has 3 rings (SSSR count). The lowest BCUT2D eigenvalue weighted by atomic mass is 10.1. The number of rotatable bonds is 5. The number of benzene rings is 2. The molecule has 3 aromatic rings. The molecular formula is C19H19N3O3. The summed E-state index contributed by atoms with van der Waals surface area (Å²) in [6, 6.07) is 14.5. The zero-order chi connectivity index (χ0) is 17.8. The van der Waals surface area contributed by atoms with Crippen LogP contribution in [0, 0.1) is 0 Å². The molecule has 1 heterocycles. The van der Waals surface area contributed by atoms with E-state index in [1.165, 1.54) is 0 Å². The molecule has 6 heteroatoms. The first-order valence-corrected chi connectivity index (χ1v) is 7.99. The molecule has 0 radical (unpaired) electrons. The number of nitrogens with one attached hydrogen (secondary N) is 2. The van der Waals surface area contributed by atoms with Crippen LogP contribution in [0.1, 0.15) is 23.0 Å². The van der Waals surface area contributed by atoms with Crippen molar-refractivity contribution in [1.82, 2.24) is 15.5 Å². The average Bonchev–Trinajstić information content (AvgIpc) is 2.62. The Morgan fingerprint density at radius 3 is 2.84 bits per heavy atom. The summed E-state index contributed by atoms with van der Waals surface area (Å²) in [4.78, 5) is 24.8. The lowest BCUT2D eigenvalue weighted by Gasteiger charge is -2.14. The highest BCUT2D eigenvalue weighted by Gasteiger charge is 2.17. The zero-order valence-electron chi connectivity index (χ0n) is 14.1. The smallest absolute Gasteiger partial charge is 0.276 e. The Balaban J connectivity index is 1.75. The van der Waals surface area contributed by atoms with E-state index in [-0.39, 0.29) is 17.2 Å². The Hall–Kier alpha value is -3.15. The van der Waals surface area contributed by atoms with Gasteiger partial charge in [-0.2, -0.15) is 5.10 Å². The maximum absolute atomic E-state index is 12.4. The molecule has 2 N–H and O–H groups in total. The SMILES string of the molecule is COc1cccc(CC(C)NC(=O)c2n[nH]c3ccccc3c2=O)c1. The van der Waals surface area contributed by atoms with Gasteiger partial charge in [0.1, 0.15) is 5.75 Å². The van der Waals surface area contributed by atoms with E-state index in [0.29, 0.717) is 17.3 Å². The molecule has 1 unspecified atom stereocenters. The molecule has 0 aliphatic rings. The predicted molar refractivity (Wildman–Crippen MR) is 96.0 cm³/mol. The number of aromatic amines is 1. The maximum atomic E-state index is 12.4. The zero-order valence-corrected chi connectivity index (χ0v) is 14.1. The lowest BCUT2D eigenvalue weighted by molar-refractivity contribution is 0.0933. The van der Waals surface area contributed by atoms with E-state index in [0.717, 1.165) is 11.3 Å². The average molecular weight is 337 g/mol. The number of fused-ring (bicyclic) bond motifs is 1. The molecule has 1 amide bonds. The molecule has 0 aliphatic carbocycles. The number of hydrogen-bond acceptors (Lipinski definition) is 4. The Bertz CT molecular complexity index is 965. The van der Waals surface area contributed by atoms with Crippen LogP contribution in [-0.4, -0.2) is 29.3 Å². The van der Waals surface area contributed by atoms with Gasteiger partial charge in [-0.25, -0.2) is 0 Å². The molecule has 0 bridgehead atoms. The second kappa shape index (κ2) is 7.17. The number of ether oxygens (including phenoxy) is 1. The van der Waals surface area contributed by atoms with Gasteiger partial charge in [-0.05, 0) is 43.2 Å². The molecule has 0 saturated heterocycles. The number of H-pyrrole nitrogens is 1. The molecular weight excluding hydrogens is 318 g/mol. The second-order valence-corrected chi connectivity index (χ2v) is 5.88. The van der Waals surface area contributed by atoms with Gasteiger partial charge in [-0.15, -0.1) is 0 Å². The van der Waals surface area contributed by atoms with E-state index < -0.39 is 5.91 Å². The fraction of sp³-hybridized carbons (Fsp3) is 0.211. The van der Waals surface area contributed by atoms with Crippen molar-refractivity contribution in [2.45, 2.75) is 19.4 Å². The Morgan fingerprint density at radius 2 is 2.04 bits per heavy atom. The normalized spacial score (nSPS) is 11.9. The van der Waals surface area contributed by atoms with E-state index in [1.54, 1.807) is 31.4 Å². The van der Waals surface area contributed by atoms with Gasteiger partial charge in [-0.1, -0.05) is 24.3 Å². The van der Waals surface area contributed by atoms with Gasteiger partial charge in [0.15, 0.2) is 5.69 Å². The maximum Gasteiger partial charge on any atom is 0.276 e. The van der Waals surface area contributed by atoms with Gasteiger partial charge in [0.25, 0.3) is 5.91 Å². The van der Waals surface area contributed by atoms with Crippen molar-refractivity contribution < 1.29 is 9.53 Å². The lowest BCUT2D eigenvalue weighted by Crippen LogP contribution is -2.37. The fourth-order valence-corrected chi connectivity index (χ4v) is 2.72. The summed E-state index contributed by atoms with van der Waals surface area (Å²) in [5, 5.41) is 9.95. The minimum atomic E-state index is -0.484. The highest BCUT2D eigenvalue weighted by atomic mass is 16.5. The van der Waals surface area contributed by atoms with Crippen molar-refractivity contribution >= 4 is 16.8 Å². The third-order valence-electron chi connectivity index (χ3n) is 3.94. The largest absolute Gasteiger partial charge is 0.497 e. The van der Waals surface area contributed by atoms with Crippen molar-refractivity contribution in [2.75, 3.05) is 7.11 Å². The molecule has 6 nitrogen and oxygen atoms in total. The molecule has 0 saturated carbocycles. The Morgan fingerprint density at radius 1 is 1.24 bits per heavy atom. The molecule has 0 fully saturated rings. The van der Waals surface area contributed by atoms with Crippen LogP contribution in [0.4, 0.5) is 0 Å². The molecule has 25 heavy (non-hydrogen) atoms. The molecule has 0 spiro atoms. The minimum Gasteiger partial charge on any atom is -0.497 e. The first-order chi connectivity index (χ1) is 12.1. The Labute approximate surface area is 144 Å². The summed E-state index contributed by atoms with van der Waals surface area (Å²) in [5.74, 6) is 0.283. The molecule has 2 aromatic carbocycles. The van der Waals surface area contributed by atoms with Crippen molar-refractivity contribution in [3.8, 4) is 5.75 Å². The summed E-state index contributed by atoms with van der Waals surface area (Å²) in [6.45, 7) is 1.88. The number of hydrogen-bond donors (Lipinski definition) is 2. The van der Waals surface area contributed by atoms with E-state index in [4.69, 9.17) is 4.74 Å². The van der Waals surface area contributed by atoms with Crippen LogP contribution in [0.5, 0.6) is 5.75 Å². The van der Waals surface area contributed by atoms with E-state index in [2.05, 4.69) is 15.5 Å². The molecule has 128 valence electrons. The summed E-state index contributed by atoms with van der Waals surface area (Å²) in [7, 11) is 1.61. The molecule has 0 aliphatic heterocycles. The van der Waals surface area contributed by atoms with Crippen LogP contribution in [0.25, 0.3) is 10.9 Å². The summed E-state index contributed by atoms with van der Waals surface area (Å²) < 4.78 is 5.20. The van der Waals surface area contributed by atoms with Gasteiger partial charge in [0.05, 0.1) is 12.6 Å². The summed E-state index contributed by atoms with van der Waals surface area (Å²) >= 11 is 0. The second-order valence-electron chi connectivity index (χ2n) is 5.88. The highest BCUT2D eigenvalue weighted by molar-refractivity contribution is 5.95. The summed E-state index contributed by atoms with van der Waals surface area (Å²) in [6.07, 6.45) is 0.619. The van der Waals surface area contributed by atoms with Crippen LogP contribution < -0.4 is 15.5 Å². The quantitative estimate of drug-likeness (QED) is 0.748. The van der Waals surface area contributed by atoms with Gasteiger partial charge in [0, 0.05) is 11.4 Å². The topological polar surface area (TPSA) is 84.1 Å². The first kappa shape index (κ1) is 16.7. The van der Waals surface area contributed by atoms with E-state index in [1.807, 2.05) is 31.2 Å². The number of aromatic nitrogens is 2. The van der Waals surface area contributed by atoms with Gasteiger partial charge < -0.3 is 10.1 Å². The number of para-hydroxylation sites is 1. The predicted octanol–water partition coefficient (Wildman–Crippen LogP) is 2.29. The van der Waals surface area contributed by atoms with Crippen LogP contribution in [-0.2, 0) is 6.42 Å². The van der Waals surface area contributed by atoms with Gasteiger partial charge in [-0.3, -0.25) is 14.7 Å². The number of nitrogens with zero attached hydrogens (tertiary/aromatic N) is 1. The fourth-order valence-electron chi connectivity index (χ4n) is 2.72. The van der Waals surface area contributed by atoms with E-state index in [9.17, 15) is 9.59 Å². The number of carbonyl (C=O) groups excluding carboxylic acids is 1. The number of methoxy groups -OCH3 is 1. The number of carbonyl (C=O) groups is 1. The van der Waals surface area contributed by atoms with Crippen molar-refractivity contribution in [3.63, 3.8) is 0 Å². The van der Waals surface area contributed by atoms with Crippen LogP contribution in [0.3, 0.4) is 0 Å². The molecule has 1 aromatic heterocycles. The standard InChI is InChI=1S/C19H19N3O3/c1-12(10-13-6-5-7-14(11-13)25-2)20-19(24)17-18(23)15-8-3-4-9-16(15)21-22-17/h3-9,11-12H,10H2,1-2H3,(H,20,24)(H,21,23). The monoisotopic (exact) mass is 337 g/mol.